The maximum Gasteiger partial charge on any atom is 0.287 e. The van der Waals surface area contributed by atoms with Crippen molar-refractivity contribution in [3.05, 3.63) is 83.6 Å². The van der Waals surface area contributed by atoms with Crippen LogP contribution in [-0.2, 0) is 6.54 Å². The zero-order valence-corrected chi connectivity index (χ0v) is 16.5. The molecule has 0 spiro atoms. The van der Waals surface area contributed by atoms with Crippen molar-refractivity contribution < 1.29 is 18.9 Å². The van der Waals surface area contributed by atoms with E-state index in [1.807, 2.05) is 18.2 Å². The highest BCUT2D eigenvalue weighted by molar-refractivity contribution is 5.94. The number of carbonyl (C=O) groups is 2. The Labute approximate surface area is 170 Å². The number of benzene rings is 2. The maximum atomic E-state index is 12.6. The van der Waals surface area contributed by atoms with Crippen LogP contribution in [0, 0.1) is 0 Å². The summed E-state index contributed by atoms with van der Waals surface area (Å²) in [7, 11) is 0. The number of likely N-dealkylation sites (tertiary alicyclic amines) is 1. The van der Waals surface area contributed by atoms with E-state index in [1.54, 1.807) is 24.3 Å². The van der Waals surface area contributed by atoms with E-state index in [-0.39, 0.29) is 17.7 Å². The van der Waals surface area contributed by atoms with Gasteiger partial charge in [-0.2, -0.15) is 0 Å². The number of amides is 1. The van der Waals surface area contributed by atoms with Crippen molar-refractivity contribution in [2.75, 3.05) is 13.1 Å². The van der Waals surface area contributed by atoms with Crippen molar-refractivity contribution in [3.63, 3.8) is 0 Å². The third-order valence-electron chi connectivity index (χ3n) is 5.42. The Kier molecular flexibility index (Phi) is 5.58. The molecule has 1 unspecified atom stereocenters. The molecule has 2 atom stereocenters. The summed E-state index contributed by atoms with van der Waals surface area (Å²) >= 11 is 0. The molecule has 1 aliphatic rings. The number of rotatable bonds is 6. The summed E-state index contributed by atoms with van der Waals surface area (Å²) in [5.74, 6) is 0.777. The van der Waals surface area contributed by atoms with E-state index in [1.165, 1.54) is 17.4 Å². The van der Waals surface area contributed by atoms with Gasteiger partial charge in [0.2, 0.25) is 0 Å². The third kappa shape index (κ3) is 4.63. The van der Waals surface area contributed by atoms with Crippen molar-refractivity contribution in [2.24, 2.45) is 0 Å². The van der Waals surface area contributed by atoms with Crippen LogP contribution >= 0.6 is 0 Å². The first-order valence-corrected chi connectivity index (χ1v) is 9.98. The quantitative estimate of drug-likeness (QED) is 0.637. The van der Waals surface area contributed by atoms with E-state index in [2.05, 4.69) is 29.6 Å². The summed E-state index contributed by atoms with van der Waals surface area (Å²) in [5.41, 5.74) is 2.82. The van der Waals surface area contributed by atoms with Gasteiger partial charge in [-0.1, -0.05) is 54.6 Å². The first kappa shape index (κ1) is 19.2. The number of nitrogens with one attached hydrogen (secondary N) is 2. The van der Waals surface area contributed by atoms with Gasteiger partial charge in [-0.3, -0.25) is 9.59 Å². The smallest absolute Gasteiger partial charge is 0.287 e. The van der Waals surface area contributed by atoms with E-state index in [9.17, 15) is 9.59 Å². The Hall–Kier alpha value is -3.18. The SMILES string of the molecule is CC(=O)c1ccc(-c2ccc(C(=O)N[C@H]3CC[NH+](Cc4ccccc4)C3)o2)cc1. The average Bonchev–Trinajstić information content (AvgIpc) is 3.39. The Bertz CT molecular complexity index is 992. The van der Waals surface area contributed by atoms with E-state index >= 15 is 0 Å². The lowest BCUT2D eigenvalue weighted by atomic mass is 10.1. The standard InChI is InChI=1S/C24H24N2O3/c1-17(27)19-7-9-20(10-8-19)22-11-12-23(29-22)24(28)25-21-13-14-26(16-21)15-18-5-3-2-4-6-18/h2-12,21H,13-16H2,1H3,(H,25,28)/p+1/t21-/m0/s1. The second kappa shape index (κ2) is 8.45. The molecule has 0 aliphatic carbocycles. The van der Waals surface area contributed by atoms with Crippen molar-refractivity contribution in [1.29, 1.82) is 0 Å². The summed E-state index contributed by atoms with van der Waals surface area (Å²) in [6.45, 7) is 4.48. The van der Waals surface area contributed by atoms with Crippen molar-refractivity contribution in [3.8, 4) is 11.3 Å². The normalized spacial score (nSPS) is 18.5. The van der Waals surface area contributed by atoms with Crippen molar-refractivity contribution in [2.45, 2.75) is 25.9 Å². The Balaban J connectivity index is 1.34. The molecule has 1 amide bonds. The van der Waals surface area contributed by atoms with Gasteiger partial charge < -0.3 is 14.6 Å². The average molecular weight is 389 g/mol. The molecular weight excluding hydrogens is 364 g/mol. The highest BCUT2D eigenvalue weighted by atomic mass is 16.3. The lowest BCUT2D eigenvalue weighted by molar-refractivity contribution is -0.901. The fraction of sp³-hybridized carbons (Fsp3) is 0.250. The van der Waals surface area contributed by atoms with Gasteiger partial charge in [-0.15, -0.1) is 0 Å². The second-order valence-corrected chi connectivity index (χ2v) is 7.62. The fourth-order valence-corrected chi connectivity index (χ4v) is 3.84. The number of hydrogen-bond acceptors (Lipinski definition) is 3. The molecule has 1 saturated heterocycles. The van der Waals surface area contributed by atoms with Crippen LogP contribution in [0.1, 0.15) is 39.8 Å². The zero-order valence-electron chi connectivity index (χ0n) is 16.5. The van der Waals surface area contributed by atoms with Crippen LogP contribution in [0.15, 0.2) is 71.1 Å². The van der Waals surface area contributed by atoms with Crippen LogP contribution in [0.4, 0.5) is 0 Å². The third-order valence-corrected chi connectivity index (χ3v) is 5.42. The largest absolute Gasteiger partial charge is 0.451 e. The first-order valence-electron chi connectivity index (χ1n) is 9.98. The van der Waals surface area contributed by atoms with Gasteiger partial charge in [0.05, 0.1) is 19.1 Å². The minimum absolute atomic E-state index is 0.0241. The summed E-state index contributed by atoms with van der Waals surface area (Å²) in [5, 5.41) is 3.10. The van der Waals surface area contributed by atoms with Gasteiger partial charge in [0.25, 0.3) is 5.91 Å². The van der Waals surface area contributed by atoms with E-state index in [0.717, 1.165) is 31.6 Å². The van der Waals surface area contributed by atoms with Gasteiger partial charge in [0, 0.05) is 23.1 Å². The van der Waals surface area contributed by atoms with Gasteiger partial charge in [0.15, 0.2) is 11.5 Å². The van der Waals surface area contributed by atoms with E-state index in [4.69, 9.17) is 4.42 Å². The molecule has 0 bridgehead atoms. The Morgan fingerprint density at radius 1 is 1.03 bits per heavy atom. The number of quaternary nitrogens is 1. The Morgan fingerprint density at radius 2 is 1.79 bits per heavy atom. The maximum absolute atomic E-state index is 12.6. The molecule has 5 nitrogen and oxygen atoms in total. The van der Waals surface area contributed by atoms with Crippen LogP contribution in [-0.4, -0.2) is 30.8 Å². The van der Waals surface area contributed by atoms with Crippen LogP contribution in [0.3, 0.4) is 0 Å². The zero-order chi connectivity index (χ0) is 20.2. The molecule has 3 aromatic rings. The van der Waals surface area contributed by atoms with Gasteiger partial charge in [-0.25, -0.2) is 0 Å². The lowest BCUT2D eigenvalue weighted by Crippen LogP contribution is -3.09. The number of Topliss-reactive ketones (excluding diaryl/α,β-unsaturated/α-hetero) is 1. The van der Waals surface area contributed by atoms with E-state index < -0.39 is 0 Å². The number of ketones is 1. The monoisotopic (exact) mass is 389 g/mol. The molecule has 2 heterocycles. The molecule has 2 N–H and O–H groups in total. The predicted octanol–water partition coefficient (Wildman–Crippen LogP) is 2.74. The summed E-state index contributed by atoms with van der Waals surface area (Å²) in [4.78, 5) is 25.5. The molecule has 0 radical (unpaired) electrons. The van der Waals surface area contributed by atoms with Gasteiger partial charge >= 0.3 is 0 Å². The lowest BCUT2D eigenvalue weighted by Gasteiger charge is -2.14. The van der Waals surface area contributed by atoms with Crippen LogP contribution < -0.4 is 10.2 Å². The predicted molar refractivity (Wildman–Crippen MR) is 111 cm³/mol. The highest BCUT2D eigenvalue weighted by Gasteiger charge is 2.28. The summed E-state index contributed by atoms with van der Waals surface area (Å²) in [6, 6.07) is 21.3. The molecule has 29 heavy (non-hydrogen) atoms. The molecule has 4 rings (SSSR count). The molecule has 148 valence electrons. The minimum Gasteiger partial charge on any atom is -0.451 e. The van der Waals surface area contributed by atoms with Crippen molar-refractivity contribution in [1.82, 2.24) is 5.32 Å². The first-order chi connectivity index (χ1) is 14.1. The molecular formula is C24H25N2O3+. The van der Waals surface area contributed by atoms with Gasteiger partial charge in [-0.05, 0) is 19.1 Å². The Morgan fingerprint density at radius 3 is 2.52 bits per heavy atom. The topological polar surface area (TPSA) is 63.8 Å². The van der Waals surface area contributed by atoms with Crippen LogP contribution in [0.5, 0.6) is 0 Å². The molecule has 2 aromatic carbocycles. The van der Waals surface area contributed by atoms with Crippen LogP contribution in [0.2, 0.25) is 0 Å². The van der Waals surface area contributed by atoms with Gasteiger partial charge in [0.1, 0.15) is 12.3 Å². The van der Waals surface area contributed by atoms with E-state index in [0.29, 0.717) is 17.1 Å². The number of carbonyl (C=O) groups excluding carboxylic acids is 2. The molecule has 1 fully saturated rings. The van der Waals surface area contributed by atoms with Crippen molar-refractivity contribution >= 4 is 11.7 Å². The molecule has 1 aliphatic heterocycles. The molecule has 0 saturated carbocycles. The highest BCUT2D eigenvalue weighted by Crippen LogP contribution is 2.23. The number of furan rings is 1. The summed E-state index contributed by atoms with van der Waals surface area (Å²) in [6.07, 6.45) is 0.966. The fourth-order valence-electron chi connectivity index (χ4n) is 3.84. The minimum atomic E-state index is -0.178. The second-order valence-electron chi connectivity index (χ2n) is 7.62. The van der Waals surface area contributed by atoms with Crippen LogP contribution in [0.25, 0.3) is 11.3 Å². The summed E-state index contributed by atoms with van der Waals surface area (Å²) < 4.78 is 5.76. The number of hydrogen-bond donors (Lipinski definition) is 2. The molecule has 5 heteroatoms. The molecule has 1 aromatic heterocycles.